The van der Waals surface area contributed by atoms with Crippen molar-refractivity contribution in [1.29, 1.82) is 0 Å². The topological polar surface area (TPSA) is 77.0 Å². The number of carbonyl (C=O) groups is 1. The van der Waals surface area contributed by atoms with Gasteiger partial charge in [-0.3, -0.25) is 24.7 Å². The summed E-state index contributed by atoms with van der Waals surface area (Å²) in [5.41, 5.74) is 3.16. The Morgan fingerprint density at radius 2 is 1.94 bits per heavy atom. The van der Waals surface area contributed by atoms with Gasteiger partial charge in [0, 0.05) is 83.0 Å². The van der Waals surface area contributed by atoms with E-state index in [-0.39, 0.29) is 18.5 Å². The predicted molar refractivity (Wildman–Crippen MR) is 121 cm³/mol. The molecule has 2 aliphatic heterocycles. The molecule has 8 nitrogen and oxygen atoms in total. The molecule has 2 saturated heterocycles. The van der Waals surface area contributed by atoms with Crippen molar-refractivity contribution in [3.8, 4) is 0 Å². The average Bonchev–Trinajstić information content (AvgIpc) is 2.75. The average molecular weight is 428 g/mol. The van der Waals surface area contributed by atoms with E-state index in [1.807, 2.05) is 17.0 Å². The number of carbonyl (C=O) groups excluding carboxylic acids is 1. The fourth-order valence-electron chi connectivity index (χ4n) is 4.38. The summed E-state index contributed by atoms with van der Waals surface area (Å²) in [7, 11) is 3.80. The number of benzene rings is 1. The summed E-state index contributed by atoms with van der Waals surface area (Å²) in [5.74, 6) is -0.0391. The highest BCUT2D eigenvalue weighted by Crippen LogP contribution is 2.29. The van der Waals surface area contributed by atoms with Crippen LogP contribution >= 0.6 is 0 Å². The van der Waals surface area contributed by atoms with Crippen molar-refractivity contribution in [1.82, 2.24) is 25.1 Å². The van der Waals surface area contributed by atoms with Gasteiger partial charge in [0.2, 0.25) is 5.91 Å². The number of likely N-dealkylation sites (N-methyl/N-ethyl adjacent to an activating group) is 1. The van der Waals surface area contributed by atoms with Crippen LogP contribution in [-0.4, -0.2) is 104 Å². The van der Waals surface area contributed by atoms with Gasteiger partial charge >= 0.3 is 0 Å². The number of anilines is 1. The van der Waals surface area contributed by atoms with Crippen LogP contribution in [0, 0.1) is 0 Å². The number of hydrogen-bond acceptors (Lipinski definition) is 7. The van der Waals surface area contributed by atoms with Gasteiger partial charge in [0.1, 0.15) is 11.7 Å². The summed E-state index contributed by atoms with van der Waals surface area (Å²) in [6.45, 7) is 4.86. The van der Waals surface area contributed by atoms with Gasteiger partial charge in [-0.1, -0.05) is 0 Å². The lowest BCUT2D eigenvalue weighted by Crippen LogP contribution is -2.54. The minimum atomic E-state index is -1.02. The summed E-state index contributed by atoms with van der Waals surface area (Å²) in [4.78, 5) is 32.0. The van der Waals surface area contributed by atoms with Crippen LogP contribution in [0.25, 0.3) is 11.0 Å². The summed E-state index contributed by atoms with van der Waals surface area (Å²) in [6, 6.07) is 3.63. The first-order chi connectivity index (χ1) is 15.0. The molecule has 4 rings (SSSR count). The molecule has 0 aliphatic carbocycles. The first kappa shape index (κ1) is 21.6. The Balaban J connectivity index is 1.47. The molecular formula is C22H30FN7O. The van der Waals surface area contributed by atoms with Crippen LogP contribution < -0.4 is 10.2 Å². The maximum absolute atomic E-state index is 14.7. The van der Waals surface area contributed by atoms with Gasteiger partial charge in [0.15, 0.2) is 0 Å². The molecule has 1 amide bonds. The smallest absolute Gasteiger partial charge is 0.234 e. The summed E-state index contributed by atoms with van der Waals surface area (Å²) < 4.78 is 14.7. The van der Waals surface area contributed by atoms with Gasteiger partial charge in [-0.2, -0.15) is 0 Å². The number of hydrogen-bond donors (Lipinski definition) is 1. The molecular weight excluding hydrogens is 397 g/mol. The summed E-state index contributed by atoms with van der Waals surface area (Å²) in [6.07, 6.45) is 4.34. The second-order valence-electron chi connectivity index (χ2n) is 8.40. The van der Waals surface area contributed by atoms with Crippen molar-refractivity contribution < 1.29 is 9.18 Å². The highest BCUT2D eigenvalue weighted by molar-refractivity contribution is 6.01. The van der Waals surface area contributed by atoms with E-state index in [0.717, 1.165) is 48.5 Å². The zero-order valence-electron chi connectivity index (χ0n) is 18.2. The van der Waals surface area contributed by atoms with E-state index in [1.165, 1.54) is 0 Å². The first-order valence-electron chi connectivity index (χ1n) is 10.8. The zero-order valence-corrected chi connectivity index (χ0v) is 18.2. The number of amides is 1. The number of halogens is 1. The molecule has 1 N–H and O–H groups in total. The van der Waals surface area contributed by atoms with Crippen molar-refractivity contribution in [2.45, 2.75) is 18.6 Å². The lowest BCUT2D eigenvalue weighted by atomic mass is 10.0. The van der Waals surface area contributed by atoms with E-state index in [9.17, 15) is 9.18 Å². The van der Waals surface area contributed by atoms with Gasteiger partial charge in [-0.25, -0.2) is 4.39 Å². The molecule has 1 aromatic heterocycles. The zero-order chi connectivity index (χ0) is 21.8. The molecule has 2 atom stereocenters. The number of piperidine rings is 1. The molecule has 0 spiro atoms. The van der Waals surface area contributed by atoms with Gasteiger partial charge in [-0.15, -0.1) is 0 Å². The number of fused-ring (bicyclic) bond motifs is 1. The van der Waals surface area contributed by atoms with Crippen molar-refractivity contribution in [2.75, 3.05) is 64.8 Å². The third kappa shape index (κ3) is 5.16. The Labute approximate surface area is 182 Å². The standard InChI is InChI=1S/C22H30FN7O/c1-24-12-16-3-4-19(22-21(16)25-5-6-26-22)30-13-17(23)11-18(14-30)27-20(31)15-29-9-7-28(2)8-10-29/h3-6,12,17-18H,7-11,13-15H2,1-2H3,(H,27,31)/b24-12+/t17-,18+/m0/s1. The van der Waals surface area contributed by atoms with E-state index >= 15 is 0 Å². The van der Waals surface area contributed by atoms with Crippen molar-refractivity contribution >= 4 is 28.8 Å². The molecule has 3 heterocycles. The number of nitrogens with one attached hydrogen (secondary N) is 1. The van der Waals surface area contributed by atoms with Crippen molar-refractivity contribution in [3.63, 3.8) is 0 Å². The number of rotatable bonds is 5. The van der Waals surface area contributed by atoms with Gasteiger partial charge in [-0.05, 0) is 19.2 Å². The van der Waals surface area contributed by atoms with Crippen LogP contribution in [-0.2, 0) is 4.79 Å². The van der Waals surface area contributed by atoms with E-state index in [2.05, 4.69) is 37.1 Å². The monoisotopic (exact) mass is 427 g/mol. The lowest BCUT2D eigenvalue weighted by Gasteiger charge is -2.37. The predicted octanol–water partition coefficient (Wildman–Crippen LogP) is 0.959. The number of nitrogens with zero attached hydrogens (tertiary/aromatic N) is 6. The van der Waals surface area contributed by atoms with Crippen LogP contribution in [0.4, 0.5) is 10.1 Å². The normalized spacial score (nSPS) is 23.5. The van der Waals surface area contributed by atoms with Crippen molar-refractivity contribution in [3.05, 3.63) is 30.1 Å². The van der Waals surface area contributed by atoms with Crippen molar-refractivity contribution in [2.24, 2.45) is 4.99 Å². The fraction of sp³-hybridized carbons (Fsp3) is 0.545. The molecule has 31 heavy (non-hydrogen) atoms. The van der Waals surface area contributed by atoms with E-state index in [0.29, 0.717) is 19.5 Å². The number of aromatic nitrogens is 2. The quantitative estimate of drug-likeness (QED) is 0.717. The van der Waals surface area contributed by atoms with E-state index in [4.69, 9.17) is 0 Å². The second-order valence-corrected chi connectivity index (χ2v) is 8.40. The first-order valence-corrected chi connectivity index (χ1v) is 10.8. The van der Waals surface area contributed by atoms with Crippen LogP contribution in [0.15, 0.2) is 29.5 Å². The number of aliphatic imine (C=N–C) groups is 1. The van der Waals surface area contributed by atoms with Gasteiger partial charge in [0.25, 0.3) is 0 Å². The number of piperazine rings is 1. The van der Waals surface area contributed by atoms with E-state index < -0.39 is 6.17 Å². The molecule has 0 saturated carbocycles. The lowest BCUT2D eigenvalue weighted by molar-refractivity contribution is -0.123. The van der Waals surface area contributed by atoms with Crippen LogP contribution in [0.3, 0.4) is 0 Å². The van der Waals surface area contributed by atoms with E-state index in [1.54, 1.807) is 25.7 Å². The summed E-state index contributed by atoms with van der Waals surface area (Å²) in [5, 5.41) is 3.05. The molecule has 2 aromatic rings. The number of alkyl halides is 1. The largest absolute Gasteiger partial charge is 0.365 e. The molecule has 0 unspecified atom stereocenters. The molecule has 9 heteroatoms. The molecule has 0 radical (unpaired) electrons. The Morgan fingerprint density at radius 3 is 2.68 bits per heavy atom. The Kier molecular flexibility index (Phi) is 6.72. The summed E-state index contributed by atoms with van der Waals surface area (Å²) >= 11 is 0. The Hall–Kier alpha value is -2.65. The Morgan fingerprint density at radius 1 is 1.19 bits per heavy atom. The second kappa shape index (κ2) is 9.65. The molecule has 2 aliphatic rings. The van der Waals surface area contributed by atoms with Crippen LogP contribution in [0.5, 0.6) is 0 Å². The maximum atomic E-state index is 14.7. The Bertz CT molecular complexity index is 945. The molecule has 2 fully saturated rings. The van der Waals surface area contributed by atoms with Crippen LogP contribution in [0.2, 0.25) is 0 Å². The van der Waals surface area contributed by atoms with Gasteiger partial charge in [0.05, 0.1) is 17.7 Å². The maximum Gasteiger partial charge on any atom is 0.234 e. The van der Waals surface area contributed by atoms with Crippen LogP contribution in [0.1, 0.15) is 12.0 Å². The molecule has 166 valence electrons. The molecule has 1 aromatic carbocycles. The highest BCUT2D eigenvalue weighted by atomic mass is 19.1. The highest BCUT2D eigenvalue weighted by Gasteiger charge is 2.30. The molecule has 0 bridgehead atoms. The fourth-order valence-corrected chi connectivity index (χ4v) is 4.38. The third-order valence-electron chi connectivity index (χ3n) is 5.97. The minimum Gasteiger partial charge on any atom is -0.365 e. The minimum absolute atomic E-state index is 0.0391. The SMILES string of the molecule is C/N=C/c1ccc(N2C[C@@H](F)C[C@@H](NC(=O)CN3CCN(C)CC3)C2)c2nccnc12. The third-order valence-corrected chi connectivity index (χ3v) is 5.97. The van der Waals surface area contributed by atoms with Gasteiger partial charge < -0.3 is 15.1 Å².